The van der Waals surface area contributed by atoms with E-state index in [9.17, 15) is 4.79 Å². The topological polar surface area (TPSA) is 65.7 Å². The van der Waals surface area contributed by atoms with Crippen molar-refractivity contribution in [1.29, 1.82) is 0 Å². The van der Waals surface area contributed by atoms with Crippen molar-refractivity contribution in [2.75, 3.05) is 13.2 Å². The molecule has 0 radical (unpaired) electrons. The Hall–Kier alpha value is -0.518. The third kappa shape index (κ3) is 4.74. The average Bonchev–Trinajstić information content (AvgIpc) is 2.68. The molecule has 2 heterocycles. The standard InChI is InChI=1S/C14H18BrN3O2S.Pd/c1-3-5-18(20-4-2)14(19)9-6-11-10(8-12(15)21-11)17-13(16)7-9;/h6,8H,3-5,7H2,1-2H3,(H2,16,17,19);/p-1. The van der Waals surface area contributed by atoms with Gasteiger partial charge in [0.05, 0.1) is 10.4 Å². The first kappa shape index (κ1) is 19.5. The van der Waals surface area contributed by atoms with Crippen LogP contribution in [0.15, 0.2) is 20.4 Å². The molecule has 124 valence electrons. The number of nitrogens with zero attached hydrogens (tertiary/aromatic N) is 2. The quantitative estimate of drug-likeness (QED) is 0.461. The number of carbonyl (C=O) groups is 1. The molecule has 0 aliphatic carbocycles. The number of rotatable bonds is 5. The predicted octanol–water partition coefficient (Wildman–Crippen LogP) is 4.57. The van der Waals surface area contributed by atoms with Crippen molar-refractivity contribution in [3.8, 4) is 0 Å². The fourth-order valence-electron chi connectivity index (χ4n) is 2.01. The molecule has 8 heteroatoms. The van der Waals surface area contributed by atoms with E-state index in [1.807, 2.05) is 26.0 Å². The molecule has 1 aromatic heterocycles. The number of amides is 1. The first-order valence-corrected chi connectivity index (χ1v) is 8.40. The Labute approximate surface area is 156 Å². The van der Waals surface area contributed by atoms with Crippen LogP contribution in [0.5, 0.6) is 0 Å². The first-order chi connectivity index (χ1) is 10.0. The van der Waals surface area contributed by atoms with Gasteiger partial charge in [-0.1, -0.05) is 12.8 Å². The molecule has 1 N–H and O–H groups in total. The molecule has 2 rings (SSSR count). The molecule has 22 heavy (non-hydrogen) atoms. The molecule has 1 aliphatic heterocycles. The number of hydrogen-bond donors (Lipinski definition) is 0. The Morgan fingerprint density at radius 2 is 2.27 bits per heavy atom. The monoisotopic (exact) mass is 476 g/mol. The van der Waals surface area contributed by atoms with E-state index in [1.165, 1.54) is 16.4 Å². The molecule has 1 aromatic rings. The SMILES string of the molecule is CCCN(OCC)C(=O)C1=Cc2sc(Br)cc2N=C([NH-])C1.[Pd]. The van der Waals surface area contributed by atoms with Gasteiger partial charge in [-0.05, 0) is 53.5 Å². The summed E-state index contributed by atoms with van der Waals surface area (Å²) >= 11 is 4.92. The molecule has 0 unspecified atom stereocenters. The maximum atomic E-state index is 12.6. The zero-order valence-electron chi connectivity index (χ0n) is 12.3. The van der Waals surface area contributed by atoms with Crippen LogP contribution in [0, 0.1) is 0 Å². The van der Waals surface area contributed by atoms with Crippen LogP contribution in [-0.2, 0) is 30.1 Å². The molecule has 0 saturated carbocycles. The molecule has 0 saturated heterocycles. The summed E-state index contributed by atoms with van der Waals surface area (Å²) in [4.78, 5) is 23.1. The van der Waals surface area contributed by atoms with Gasteiger partial charge in [0.25, 0.3) is 5.91 Å². The normalized spacial score (nSPS) is 13.4. The number of nitrogens with one attached hydrogen (secondary N) is 1. The van der Waals surface area contributed by atoms with Gasteiger partial charge < -0.3 is 10.7 Å². The van der Waals surface area contributed by atoms with Gasteiger partial charge in [-0.25, -0.2) is 5.06 Å². The van der Waals surface area contributed by atoms with Crippen LogP contribution >= 0.6 is 27.3 Å². The molecule has 0 bridgehead atoms. The summed E-state index contributed by atoms with van der Waals surface area (Å²) in [6, 6.07) is 1.87. The summed E-state index contributed by atoms with van der Waals surface area (Å²) in [5, 5.41) is 1.38. The fraction of sp³-hybridized carbons (Fsp3) is 0.429. The van der Waals surface area contributed by atoms with E-state index < -0.39 is 0 Å². The molecule has 0 atom stereocenters. The average molecular weight is 478 g/mol. The third-order valence-corrected chi connectivity index (χ3v) is 4.42. The molecular formula is C14H17BrN3O2PdS-. The van der Waals surface area contributed by atoms with Crippen molar-refractivity contribution in [2.45, 2.75) is 26.7 Å². The van der Waals surface area contributed by atoms with Gasteiger partial charge in [0.2, 0.25) is 0 Å². The fourth-order valence-corrected chi connectivity index (χ4v) is 3.54. The van der Waals surface area contributed by atoms with Crippen LogP contribution < -0.4 is 0 Å². The van der Waals surface area contributed by atoms with Crippen LogP contribution in [0.4, 0.5) is 5.69 Å². The smallest absolute Gasteiger partial charge is 0.273 e. The Morgan fingerprint density at radius 3 is 2.91 bits per heavy atom. The van der Waals surface area contributed by atoms with Crippen molar-refractivity contribution in [1.82, 2.24) is 5.06 Å². The number of hydrogen-bond acceptors (Lipinski definition) is 4. The summed E-state index contributed by atoms with van der Waals surface area (Å²) in [6.45, 7) is 4.82. The summed E-state index contributed by atoms with van der Waals surface area (Å²) in [7, 11) is 0. The summed E-state index contributed by atoms with van der Waals surface area (Å²) < 4.78 is 0.934. The molecule has 1 amide bonds. The van der Waals surface area contributed by atoms with E-state index in [1.54, 1.807) is 0 Å². The Bertz CT molecular complexity index is 595. The van der Waals surface area contributed by atoms with Crippen molar-refractivity contribution in [3.05, 3.63) is 26.0 Å². The van der Waals surface area contributed by atoms with E-state index in [0.717, 1.165) is 20.8 Å². The molecule has 0 spiro atoms. The maximum Gasteiger partial charge on any atom is 0.273 e. The molecular weight excluding hydrogens is 461 g/mol. The second-order valence-electron chi connectivity index (χ2n) is 4.53. The predicted molar refractivity (Wildman–Crippen MR) is 89.7 cm³/mol. The van der Waals surface area contributed by atoms with E-state index in [-0.39, 0.29) is 38.6 Å². The second-order valence-corrected chi connectivity index (χ2v) is 6.99. The minimum absolute atomic E-state index is 0. The number of halogens is 1. The van der Waals surface area contributed by atoms with Gasteiger partial charge in [0.15, 0.2) is 0 Å². The zero-order chi connectivity index (χ0) is 15.4. The number of hydroxylamine groups is 2. The molecule has 5 nitrogen and oxygen atoms in total. The summed E-state index contributed by atoms with van der Waals surface area (Å²) in [5.41, 5.74) is 9.18. The largest absolute Gasteiger partial charge is 0.485 e. The molecule has 0 fully saturated rings. The Morgan fingerprint density at radius 1 is 1.55 bits per heavy atom. The molecule has 1 aliphatic rings. The number of carbonyl (C=O) groups excluding carboxylic acids is 1. The number of thiophene rings is 1. The number of amidine groups is 1. The first-order valence-electron chi connectivity index (χ1n) is 6.79. The van der Waals surface area contributed by atoms with Crippen LogP contribution in [0.3, 0.4) is 0 Å². The van der Waals surface area contributed by atoms with Crippen LogP contribution in [-0.4, -0.2) is 30.0 Å². The third-order valence-electron chi connectivity index (χ3n) is 2.84. The Balaban J connectivity index is 0.00000242. The zero-order valence-corrected chi connectivity index (χ0v) is 16.3. The summed E-state index contributed by atoms with van der Waals surface area (Å²) in [5.74, 6) is 0.00243. The second kappa shape index (κ2) is 8.94. The minimum Gasteiger partial charge on any atom is -0.485 e. The number of aliphatic imine (C=N–C) groups is 1. The number of fused-ring (bicyclic) bond motifs is 1. The maximum absolute atomic E-state index is 12.6. The van der Waals surface area contributed by atoms with E-state index in [0.29, 0.717) is 18.7 Å². The van der Waals surface area contributed by atoms with Crippen LogP contribution in [0.2, 0.25) is 0 Å². The Kier molecular flexibility index (Phi) is 7.94. The van der Waals surface area contributed by atoms with Gasteiger partial charge >= 0.3 is 0 Å². The van der Waals surface area contributed by atoms with Gasteiger partial charge in [0, 0.05) is 37.4 Å². The van der Waals surface area contributed by atoms with E-state index in [2.05, 4.69) is 20.9 Å². The van der Waals surface area contributed by atoms with Crippen molar-refractivity contribution < 1.29 is 30.1 Å². The van der Waals surface area contributed by atoms with E-state index >= 15 is 0 Å². The van der Waals surface area contributed by atoms with Gasteiger partial charge in [-0.15, -0.1) is 11.3 Å². The minimum atomic E-state index is -0.184. The summed E-state index contributed by atoms with van der Waals surface area (Å²) in [6.07, 6.45) is 2.86. The van der Waals surface area contributed by atoms with Crippen LogP contribution in [0.25, 0.3) is 11.8 Å². The van der Waals surface area contributed by atoms with Crippen LogP contribution in [0.1, 0.15) is 31.6 Å². The van der Waals surface area contributed by atoms with Crippen molar-refractivity contribution >= 4 is 50.8 Å². The van der Waals surface area contributed by atoms with Crippen molar-refractivity contribution in [3.63, 3.8) is 0 Å². The van der Waals surface area contributed by atoms with E-state index in [4.69, 9.17) is 10.6 Å². The molecule has 0 aromatic carbocycles. The van der Waals surface area contributed by atoms with Crippen molar-refractivity contribution in [2.24, 2.45) is 4.99 Å². The van der Waals surface area contributed by atoms with Gasteiger partial charge in [-0.3, -0.25) is 9.63 Å². The van der Waals surface area contributed by atoms with Gasteiger partial charge in [-0.2, -0.15) is 0 Å². The van der Waals surface area contributed by atoms with Gasteiger partial charge in [0.1, 0.15) is 0 Å².